The Morgan fingerprint density at radius 1 is 1.29 bits per heavy atom. The third kappa shape index (κ3) is 3.87. The highest BCUT2D eigenvalue weighted by atomic mass is 16.5. The Labute approximate surface area is 164 Å². The number of fused-ring (bicyclic) bond motifs is 1. The van der Waals surface area contributed by atoms with Crippen LogP contribution in [0.2, 0.25) is 0 Å². The van der Waals surface area contributed by atoms with Crippen LogP contribution in [0.1, 0.15) is 19.0 Å². The summed E-state index contributed by atoms with van der Waals surface area (Å²) in [6, 6.07) is 3.83. The first-order chi connectivity index (χ1) is 13.7. The second-order valence-electron chi connectivity index (χ2n) is 7.15. The van der Waals surface area contributed by atoms with Crippen molar-refractivity contribution < 1.29 is 9.47 Å². The molecule has 8 heteroatoms. The zero-order valence-corrected chi connectivity index (χ0v) is 16.5. The molecule has 28 heavy (non-hydrogen) atoms. The number of hydrogen-bond donors (Lipinski definition) is 2. The van der Waals surface area contributed by atoms with Gasteiger partial charge in [0.15, 0.2) is 11.5 Å². The number of ether oxygens (including phenoxy) is 2. The molecule has 1 saturated heterocycles. The highest BCUT2D eigenvalue weighted by molar-refractivity contribution is 5.90. The monoisotopic (exact) mass is 382 g/mol. The third-order valence-electron chi connectivity index (χ3n) is 5.15. The number of aromatic nitrogens is 4. The standard InChI is InChI=1S/C20H26N6O2/c1-4-26-6-5-14(11-26)12-28-17-8-19(21-10-18(17)27-3)24-20-15-9-22-25-16(15)7-13(2)23-20/h7-10,14H,4-6,11-12H2,1-3H3,(H,22,25)(H,21,23,24)/t14-/m1/s1. The maximum absolute atomic E-state index is 6.11. The minimum atomic E-state index is 0.540. The number of nitrogens with zero attached hydrogens (tertiary/aromatic N) is 4. The highest BCUT2D eigenvalue weighted by Gasteiger charge is 2.22. The van der Waals surface area contributed by atoms with Crippen LogP contribution in [0.4, 0.5) is 11.6 Å². The van der Waals surface area contributed by atoms with Crippen LogP contribution in [-0.4, -0.2) is 58.4 Å². The van der Waals surface area contributed by atoms with Crippen LogP contribution in [0, 0.1) is 12.8 Å². The lowest BCUT2D eigenvalue weighted by Gasteiger charge is -2.16. The van der Waals surface area contributed by atoms with E-state index in [-0.39, 0.29) is 0 Å². The Balaban J connectivity index is 1.52. The average molecular weight is 382 g/mol. The Morgan fingerprint density at radius 2 is 2.18 bits per heavy atom. The minimum Gasteiger partial charge on any atom is -0.491 e. The van der Waals surface area contributed by atoms with Gasteiger partial charge in [0.2, 0.25) is 0 Å². The normalized spacial score (nSPS) is 17.2. The van der Waals surface area contributed by atoms with Crippen molar-refractivity contribution in [2.24, 2.45) is 5.92 Å². The van der Waals surface area contributed by atoms with Crippen molar-refractivity contribution in [1.29, 1.82) is 0 Å². The summed E-state index contributed by atoms with van der Waals surface area (Å²) in [6.07, 6.45) is 4.59. The largest absolute Gasteiger partial charge is 0.491 e. The summed E-state index contributed by atoms with van der Waals surface area (Å²) in [6.45, 7) is 8.14. The quantitative estimate of drug-likeness (QED) is 0.649. The molecule has 2 N–H and O–H groups in total. The zero-order valence-electron chi connectivity index (χ0n) is 16.5. The highest BCUT2D eigenvalue weighted by Crippen LogP contribution is 2.31. The number of nitrogens with one attached hydrogen (secondary N) is 2. The van der Waals surface area contributed by atoms with Gasteiger partial charge < -0.3 is 19.7 Å². The lowest BCUT2D eigenvalue weighted by Crippen LogP contribution is -2.22. The Morgan fingerprint density at radius 3 is 2.96 bits per heavy atom. The fraction of sp³-hybridized carbons (Fsp3) is 0.450. The predicted octanol–water partition coefficient (Wildman–Crippen LogP) is 3.13. The van der Waals surface area contributed by atoms with Gasteiger partial charge in [-0.3, -0.25) is 5.10 Å². The summed E-state index contributed by atoms with van der Waals surface area (Å²) in [4.78, 5) is 11.5. The van der Waals surface area contributed by atoms with E-state index in [4.69, 9.17) is 9.47 Å². The van der Waals surface area contributed by atoms with Gasteiger partial charge in [-0.05, 0) is 32.5 Å². The minimum absolute atomic E-state index is 0.540. The summed E-state index contributed by atoms with van der Waals surface area (Å²) >= 11 is 0. The fourth-order valence-electron chi connectivity index (χ4n) is 3.59. The second kappa shape index (κ2) is 8.02. The van der Waals surface area contributed by atoms with Crippen molar-refractivity contribution in [1.82, 2.24) is 25.1 Å². The van der Waals surface area contributed by atoms with E-state index in [0.29, 0.717) is 35.7 Å². The lowest BCUT2D eigenvalue weighted by molar-refractivity contribution is 0.234. The number of pyridine rings is 2. The number of methoxy groups -OCH3 is 1. The van der Waals surface area contributed by atoms with Crippen molar-refractivity contribution >= 4 is 22.5 Å². The van der Waals surface area contributed by atoms with Crippen molar-refractivity contribution in [3.63, 3.8) is 0 Å². The molecular weight excluding hydrogens is 356 g/mol. The second-order valence-corrected chi connectivity index (χ2v) is 7.15. The van der Waals surface area contributed by atoms with Crippen LogP contribution in [0.15, 0.2) is 24.5 Å². The van der Waals surface area contributed by atoms with E-state index in [0.717, 1.165) is 42.7 Å². The topological polar surface area (TPSA) is 88.2 Å². The van der Waals surface area contributed by atoms with Crippen LogP contribution in [0.25, 0.3) is 10.9 Å². The lowest BCUT2D eigenvalue weighted by atomic mass is 10.1. The molecule has 1 atom stereocenters. The summed E-state index contributed by atoms with van der Waals surface area (Å²) < 4.78 is 11.5. The van der Waals surface area contributed by atoms with Crippen molar-refractivity contribution in [2.45, 2.75) is 20.3 Å². The predicted molar refractivity (Wildman–Crippen MR) is 108 cm³/mol. The summed E-state index contributed by atoms with van der Waals surface area (Å²) in [7, 11) is 1.63. The van der Waals surface area contributed by atoms with Crippen LogP contribution in [0.5, 0.6) is 11.5 Å². The molecule has 0 aliphatic carbocycles. The van der Waals surface area contributed by atoms with Gasteiger partial charge in [-0.2, -0.15) is 5.10 Å². The Kier molecular flexibility index (Phi) is 5.29. The fourth-order valence-corrected chi connectivity index (χ4v) is 3.59. The Hall–Kier alpha value is -2.87. The molecule has 0 spiro atoms. The van der Waals surface area contributed by atoms with E-state index in [1.807, 2.05) is 19.1 Å². The number of aromatic amines is 1. The van der Waals surface area contributed by atoms with Crippen LogP contribution in [0.3, 0.4) is 0 Å². The summed E-state index contributed by atoms with van der Waals surface area (Å²) in [5.74, 6) is 3.21. The molecule has 1 aliphatic heterocycles. The molecule has 0 aromatic carbocycles. The molecule has 148 valence electrons. The number of aryl methyl sites for hydroxylation is 1. The first-order valence-corrected chi connectivity index (χ1v) is 9.63. The SMILES string of the molecule is CCN1CC[C@@H](COc2cc(Nc3nc(C)cc4[nH]ncc34)ncc2OC)C1. The third-order valence-corrected chi connectivity index (χ3v) is 5.15. The van der Waals surface area contributed by atoms with E-state index < -0.39 is 0 Å². The van der Waals surface area contributed by atoms with Crippen molar-refractivity contribution in [2.75, 3.05) is 38.7 Å². The average Bonchev–Trinajstić information content (AvgIpc) is 3.35. The molecule has 1 fully saturated rings. The zero-order chi connectivity index (χ0) is 19.5. The van der Waals surface area contributed by atoms with Crippen LogP contribution < -0.4 is 14.8 Å². The number of rotatable bonds is 7. The molecule has 0 saturated carbocycles. The van der Waals surface area contributed by atoms with Gasteiger partial charge in [0.25, 0.3) is 0 Å². The molecule has 0 radical (unpaired) electrons. The van der Waals surface area contributed by atoms with Gasteiger partial charge >= 0.3 is 0 Å². The maximum atomic E-state index is 6.11. The molecule has 0 bridgehead atoms. The molecular formula is C20H26N6O2. The van der Waals surface area contributed by atoms with Gasteiger partial charge in [0, 0.05) is 24.2 Å². The molecule has 3 aromatic heterocycles. The van der Waals surface area contributed by atoms with Gasteiger partial charge in [0.1, 0.15) is 11.6 Å². The first-order valence-electron chi connectivity index (χ1n) is 9.63. The van der Waals surface area contributed by atoms with Crippen molar-refractivity contribution in [3.8, 4) is 11.5 Å². The van der Waals surface area contributed by atoms with Crippen LogP contribution in [-0.2, 0) is 0 Å². The van der Waals surface area contributed by atoms with Crippen LogP contribution >= 0.6 is 0 Å². The van der Waals surface area contributed by atoms with Gasteiger partial charge in [-0.25, -0.2) is 9.97 Å². The van der Waals surface area contributed by atoms with Gasteiger partial charge in [-0.15, -0.1) is 0 Å². The number of anilines is 2. The number of hydrogen-bond acceptors (Lipinski definition) is 7. The molecule has 0 amide bonds. The molecule has 4 rings (SSSR count). The summed E-state index contributed by atoms with van der Waals surface area (Å²) in [5.41, 5.74) is 1.83. The number of likely N-dealkylation sites (tertiary alicyclic amines) is 1. The molecule has 4 heterocycles. The van der Waals surface area contributed by atoms with Gasteiger partial charge in [0.05, 0.1) is 37.0 Å². The summed E-state index contributed by atoms with van der Waals surface area (Å²) in [5, 5.41) is 11.3. The number of H-pyrrole nitrogens is 1. The van der Waals surface area contributed by atoms with Crippen molar-refractivity contribution in [3.05, 3.63) is 30.2 Å². The first kappa shape index (κ1) is 18.5. The maximum Gasteiger partial charge on any atom is 0.179 e. The smallest absolute Gasteiger partial charge is 0.179 e. The van der Waals surface area contributed by atoms with E-state index in [1.165, 1.54) is 0 Å². The Bertz CT molecular complexity index is 957. The van der Waals surface area contributed by atoms with E-state index >= 15 is 0 Å². The molecule has 3 aromatic rings. The van der Waals surface area contributed by atoms with E-state index in [9.17, 15) is 0 Å². The molecule has 8 nitrogen and oxygen atoms in total. The molecule has 0 unspecified atom stereocenters. The van der Waals surface area contributed by atoms with Gasteiger partial charge in [-0.1, -0.05) is 6.92 Å². The van der Waals surface area contributed by atoms with E-state index in [1.54, 1.807) is 19.5 Å². The van der Waals surface area contributed by atoms with E-state index in [2.05, 4.69) is 37.3 Å². The molecule has 1 aliphatic rings.